The minimum absolute atomic E-state index is 0.00547. The number of carbonyl (C=O) groups excluding carboxylic acids is 2. The molecule has 0 spiro atoms. The number of hydrogen-bond donors (Lipinski definition) is 1. The highest BCUT2D eigenvalue weighted by Crippen LogP contribution is 2.19. The molecule has 0 aromatic rings. The molecule has 17 heavy (non-hydrogen) atoms. The number of likely N-dealkylation sites (tertiary alicyclic amines) is 1. The first-order valence-electron chi connectivity index (χ1n) is 6.47. The maximum atomic E-state index is 11.7. The van der Waals surface area contributed by atoms with Crippen LogP contribution in [0.4, 0.5) is 0 Å². The summed E-state index contributed by atoms with van der Waals surface area (Å²) < 4.78 is 0. The summed E-state index contributed by atoms with van der Waals surface area (Å²) in [5.41, 5.74) is 0. The lowest BCUT2D eigenvalue weighted by Gasteiger charge is -2.15. The minimum atomic E-state index is -0.00547. The fourth-order valence-electron chi connectivity index (χ4n) is 2.43. The number of hydrogen-bond acceptors (Lipinski definition) is 2. The third-order valence-electron chi connectivity index (χ3n) is 3.46. The van der Waals surface area contributed by atoms with Gasteiger partial charge >= 0.3 is 0 Å². The molecule has 0 bridgehead atoms. The zero-order chi connectivity index (χ0) is 12.1. The van der Waals surface area contributed by atoms with Gasteiger partial charge in [-0.05, 0) is 31.6 Å². The second-order valence-electron chi connectivity index (χ2n) is 4.83. The van der Waals surface area contributed by atoms with Crippen LogP contribution in [0, 0.1) is 5.92 Å². The van der Waals surface area contributed by atoms with E-state index in [0.29, 0.717) is 12.3 Å². The first-order valence-corrected chi connectivity index (χ1v) is 6.47. The van der Waals surface area contributed by atoms with Crippen molar-refractivity contribution in [1.82, 2.24) is 10.2 Å². The Hall–Kier alpha value is -1.32. The van der Waals surface area contributed by atoms with Crippen molar-refractivity contribution in [3.05, 3.63) is 12.2 Å². The van der Waals surface area contributed by atoms with Crippen LogP contribution in [-0.2, 0) is 9.59 Å². The summed E-state index contributed by atoms with van der Waals surface area (Å²) in [5, 5.41) is 2.72. The average molecular weight is 236 g/mol. The largest absolute Gasteiger partial charge is 0.347 e. The lowest BCUT2D eigenvalue weighted by atomic mass is 10.1. The maximum absolute atomic E-state index is 11.7. The van der Waals surface area contributed by atoms with Crippen LogP contribution in [0.1, 0.15) is 32.1 Å². The van der Waals surface area contributed by atoms with Gasteiger partial charge in [-0.25, -0.2) is 0 Å². The third-order valence-corrected chi connectivity index (χ3v) is 3.46. The van der Waals surface area contributed by atoms with Crippen molar-refractivity contribution < 1.29 is 9.59 Å². The molecule has 2 amide bonds. The smallest absolute Gasteiger partial charge is 0.241 e. The van der Waals surface area contributed by atoms with Gasteiger partial charge in [-0.2, -0.15) is 0 Å². The molecule has 1 atom stereocenters. The van der Waals surface area contributed by atoms with Crippen molar-refractivity contribution in [2.24, 2.45) is 5.92 Å². The molecule has 94 valence electrons. The van der Waals surface area contributed by atoms with E-state index in [9.17, 15) is 9.59 Å². The molecule has 1 aliphatic heterocycles. The van der Waals surface area contributed by atoms with Crippen LogP contribution in [0.25, 0.3) is 0 Å². The standard InChI is InChI=1S/C13H20N2O2/c16-12(9-11-5-1-2-6-11)14-10-13(17)15-7-3-4-8-15/h1,5,11H,2-4,6-10H2,(H,14,16)/t11-/m1/s1. The molecule has 4 heteroatoms. The molecular formula is C13H20N2O2. The number of nitrogens with one attached hydrogen (secondary N) is 1. The molecule has 0 saturated carbocycles. The van der Waals surface area contributed by atoms with Crippen LogP contribution in [0.5, 0.6) is 0 Å². The molecule has 2 aliphatic rings. The highest BCUT2D eigenvalue weighted by atomic mass is 16.2. The number of allylic oxidation sites excluding steroid dienone is 2. The summed E-state index contributed by atoms with van der Waals surface area (Å²) in [6.45, 7) is 1.86. The van der Waals surface area contributed by atoms with Crippen LogP contribution >= 0.6 is 0 Å². The first-order chi connectivity index (χ1) is 8.25. The minimum Gasteiger partial charge on any atom is -0.347 e. The third kappa shape index (κ3) is 3.58. The van der Waals surface area contributed by atoms with Gasteiger partial charge in [0.15, 0.2) is 0 Å². The van der Waals surface area contributed by atoms with Crippen LogP contribution in [0.15, 0.2) is 12.2 Å². The Kier molecular flexibility index (Phi) is 4.18. The monoisotopic (exact) mass is 236 g/mol. The van der Waals surface area contributed by atoms with E-state index in [-0.39, 0.29) is 18.4 Å². The zero-order valence-corrected chi connectivity index (χ0v) is 10.2. The molecule has 2 rings (SSSR count). The van der Waals surface area contributed by atoms with Crippen molar-refractivity contribution in [3.8, 4) is 0 Å². The van der Waals surface area contributed by atoms with Gasteiger partial charge in [-0.3, -0.25) is 9.59 Å². The number of rotatable bonds is 4. The van der Waals surface area contributed by atoms with Gasteiger partial charge in [0.1, 0.15) is 0 Å². The lowest BCUT2D eigenvalue weighted by Crippen LogP contribution is -2.38. The van der Waals surface area contributed by atoms with Crippen LogP contribution in [0.2, 0.25) is 0 Å². The fraction of sp³-hybridized carbons (Fsp3) is 0.692. The molecule has 0 radical (unpaired) electrons. The van der Waals surface area contributed by atoms with E-state index in [4.69, 9.17) is 0 Å². The topological polar surface area (TPSA) is 49.4 Å². The highest BCUT2D eigenvalue weighted by molar-refractivity contribution is 5.85. The summed E-state index contributed by atoms with van der Waals surface area (Å²) in [4.78, 5) is 25.1. The van der Waals surface area contributed by atoms with Crippen LogP contribution in [-0.4, -0.2) is 36.3 Å². The van der Waals surface area contributed by atoms with Gasteiger partial charge in [0.05, 0.1) is 6.54 Å². The van der Waals surface area contributed by atoms with E-state index in [1.165, 1.54) is 0 Å². The summed E-state index contributed by atoms with van der Waals surface area (Å²) >= 11 is 0. The van der Waals surface area contributed by atoms with Crippen LogP contribution in [0.3, 0.4) is 0 Å². The molecule has 1 saturated heterocycles. The average Bonchev–Trinajstić information content (AvgIpc) is 2.97. The fourth-order valence-corrected chi connectivity index (χ4v) is 2.43. The van der Waals surface area contributed by atoms with E-state index in [0.717, 1.165) is 38.8 Å². The zero-order valence-electron chi connectivity index (χ0n) is 10.2. The van der Waals surface area contributed by atoms with Gasteiger partial charge < -0.3 is 10.2 Å². The predicted molar refractivity (Wildman–Crippen MR) is 65.3 cm³/mol. The van der Waals surface area contributed by atoms with E-state index in [2.05, 4.69) is 17.5 Å². The number of carbonyl (C=O) groups is 2. The van der Waals surface area contributed by atoms with E-state index in [1.54, 1.807) is 0 Å². The van der Waals surface area contributed by atoms with Crippen molar-refractivity contribution in [1.29, 1.82) is 0 Å². The molecule has 1 heterocycles. The summed E-state index contributed by atoms with van der Waals surface area (Å²) in [5.74, 6) is 0.420. The molecule has 0 unspecified atom stereocenters. The second kappa shape index (κ2) is 5.84. The molecular weight excluding hydrogens is 216 g/mol. The van der Waals surface area contributed by atoms with Crippen molar-refractivity contribution >= 4 is 11.8 Å². The van der Waals surface area contributed by atoms with Gasteiger partial charge in [-0.1, -0.05) is 12.2 Å². The van der Waals surface area contributed by atoms with Gasteiger partial charge in [0.2, 0.25) is 11.8 Å². The summed E-state index contributed by atoms with van der Waals surface area (Å²) in [7, 11) is 0. The normalized spacial score (nSPS) is 23.1. The Morgan fingerprint density at radius 2 is 2.06 bits per heavy atom. The summed E-state index contributed by atoms with van der Waals surface area (Å²) in [6.07, 6.45) is 9.05. The molecule has 0 aromatic heterocycles. The Labute approximate surface area is 102 Å². The maximum Gasteiger partial charge on any atom is 0.241 e. The summed E-state index contributed by atoms with van der Waals surface area (Å²) in [6, 6.07) is 0. The SMILES string of the molecule is O=C(C[C@@H]1C=CCC1)NCC(=O)N1CCCC1. The number of amides is 2. The van der Waals surface area contributed by atoms with Crippen LogP contribution < -0.4 is 5.32 Å². The Balaban J connectivity index is 1.64. The molecule has 1 fully saturated rings. The van der Waals surface area contributed by atoms with E-state index in [1.807, 2.05) is 4.90 Å². The Morgan fingerprint density at radius 3 is 2.71 bits per heavy atom. The molecule has 0 aromatic carbocycles. The lowest BCUT2D eigenvalue weighted by molar-refractivity contribution is -0.132. The quantitative estimate of drug-likeness (QED) is 0.743. The second-order valence-corrected chi connectivity index (χ2v) is 4.83. The van der Waals surface area contributed by atoms with Gasteiger partial charge in [-0.15, -0.1) is 0 Å². The van der Waals surface area contributed by atoms with Crippen molar-refractivity contribution in [3.63, 3.8) is 0 Å². The van der Waals surface area contributed by atoms with Gasteiger partial charge in [0.25, 0.3) is 0 Å². The van der Waals surface area contributed by atoms with Crippen molar-refractivity contribution in [2.45, 2.75) is 32.1 Å². The van der Waals surface area contributed by atoms with Crippen molar-refractivity contribution in [2.75, 3.05) is 19.6 Å². The van der Waals surface area contributed by atoms with Gasteiger partial charge in [0, 0.05) is 19.5 Å². The highest BCUT2D eigenvalue weighted by Gasteiger charge is 2.19. The molecule has 1 N–H and O–H groups in total. The van der Waals surface area contributed by atoms with E-state index < -0.39 is 0 Å². The number of nitrogens with zero attached hydrogens (tertiary/aromatic N) is 1. The molecule has 4 nitrogen and oxygen atoms in total. The molecule has 1 aliphatic carbocycles. The van der Waals surface area contributed by atoms with E-state index >= 15 is 0 Å². The first kappa shape index (κ1) is 12.1. The predicted octanol–water partition coefficient (Wildman–Crippen LogP) is 1.08. The Bertz CT molecular complexity index is 319. The Morgan fingerprint density at radius 1 is 1.29 bits per heavy atom.